The van der Waals surface area contributed by atoms with Gasteiger partial charge in [0.15, 0.2) is 11.6 Å². The maximum absolute atomic E-state index is 13.9. The molecule has 0 unspecified atom stereocenters. The van der Waals surface area contributed by atoms with Crippen LogP contribution in [0.5, 0.6) is 5.75 Å². The molecular formula is C18H18FNO3S. The Bertz CT molecular complexity index is 876. The third-order valence-electron chi connectivity index (χ3n) is 4.03. The summed E-state index contributed by atoms with van der Waals surface area (Å²) in [6.45, 7) is 0. The van der Waals surface area contributed by atoms with Gasteiger partial charge in [-0.15, -0.1) is 0 Å². The molecule has 0 spiro atoms. The summed E-state index contributed by atoms with van der Waals surface area (Å²) in [4.78, 5) is 0.213. The molecule has 2 aromatic rings. The van der Waals surface area contributed by atoms with E-state index in [2.05, 4.69) is 4.72 Å². The standard InChI is InChI=1S/C18H18FNO3S/c1-23-18-11-10-13(12-16(18)19)15-8-5-9-17(15)20-24(21,22)14-6-3-2-4-7-14/h2-4,6-7,10-12,20H,5,8-9H2,1H3. The SMILES string of the molecule is COc1ccc(C2=C(NS(=O)(=O)c3ccccc3)CCC2)cc1F. The van der Waals surface area contributed by atoms with Crippen molar-refractivity contribution in [3.63, 3.8) is 0 Å². The lowest BCUT2D eigenvalue weighted by Crippen LogP contribution is -2.23. The Labute approximate surface area is 141 Å². The quantitative estimate of drug-likeness (QED) is 0.897. The first-order valence-corrected chi connectivity index (χ1v) is 9.13. The van der Waals surface area contributed by atoms with Crippen LogP contribution >= 0.6 is 0 Å². The smallest absolute Gasteiger partial charge is 0.261 e. The van der Waals surface area contributed by atoms with Gasteiger partial charge in [0.2, 0.25) is 0 Å². The fourth-order valence-electron chi connectivity index (χ4n) is 2.85. The number of methoxy groups -OCH3 is 1. The molecule has 1 aliphatic carbocycles. The van der Waals surface area contributed by atoms with Crippen molar-refractivity contribution in [2.45, 2.75) is 24.2 Å². The minimum Gasteiger partial charge on any atom is -0.494 e. The fourth-order valence-corrected chi connectivity index (χ4v) is 4.03. The predicted octanol–water partition coefficient (Wildman–Crippen LogP) is 3.71. The Balaban J connectivity index is 1.94. The summed E-state index contributed by atoms with van der Waals surface area (Å²) < 4.78 is 46.5. The second-order valence-electron chi connectivity index (χ2n) is 5.58. The van der Waals surface area contributed by atoms with Gasteiger partial charge in [-0.05, 0) is 54.7 Å². The normalized spacial score (nSPS) is 14.8. The van der Waals surface area contributed by atoms with Crippen molar-refractivity contribution >= 4 is 15.6 Å². The Morgan fingerprint density at radius 2 is 1.83 bits per heavy atom. The third-order valence-corrected chi connectivity index (χ3v) is 5.44. The number of benzene rings is 2. The Kier molecular flexibility index (Phi) is 4.57. The molecule has 0 bridgehead atoms. The van der Waals surface area contributed by atoms with E-state index >= 15 is 0 Å². The molecule has 126 valence electrons. The molecule has 0 heterocycles. The number of halogens is 1. The average molecular weight is 347 g/mol. The zero-order chi connectivity index (χ0) is 17.2. The maximum atomic E-state index is 13.9. The first-order valence-electron chi connectivity index (χ1n) is 7.65. The van der Waals surface area contributed by atoms with Crippen LogP contribution in [0.1, 0.15) is 24.8 Å². The van der Waals surface area contributed by atoms with Crippen molar-refractivity contribution in [1.29, 1.82) is 0 Å². The van der Waals surface area contributed by atoms with Gasteiger partial charge in [0, 0.05) is 5.70 Å². The molecule has 1 aliphatic rings. The van der Waals surface area contributed by atoms with Crippen LogP contribution in [0.15, 0.2) is 59.1 Å². The van der Waals surface area contributed by atoms with Crippen molar-refractivity contribution in [2.75, 3.05) is 7.11 Å². The fraction of sp³-hybridized carbons (Fsp3) is 0.222. The molecular weight excluding hydrogens is 329 g/mol. The highest BCUT2D eigenvalue weighted by Crippen LogP contribution is 2.34. The lowest BCUT2D eigenvalue weighted by atomic mass is 10.0. The van der Waals surface area contributed by atoms with Gasteiger partial charge in [0.25, 0.3) is 10.0 Å². The van der Waals surface area contributed by atoms with E-state index in [-0.39, 0.29) is 10.6 Å². The van der Waals surface area contributed by atoms with Gasteiger partial charge in [-0.1, -0.05) is 24.3 Å². The summed E-state index contributed by atoms with van der Waals surface area (Å²) in [6, 6.07) is 12.9. The molecule has 3 rings (SSSR count). The third kappa shape index (κ3) is 3.28. The zero-order valence-corrected chi connectivity index (χ0v) is 14.1. The number of sulfonamides is 1. The predicted molar refractivity (Wildman–Crippen MR) is 90.5 cm³/mol. The number of allylic oxidation sites excluding steroid dienone is 2. The van der Waals surface area contributed by atoms with Gasteiger partial charge >= 0.3 is 0 Å². The van der Waals surface area contributed by atoms with Crippen LogP contribution in [-0.4, -0.2) is 15.5 Å². The number of hydrogen-bond donors (Lipinski definition) is 1. The van der Waals surface area contributed by atoms with Crippen LogP contribution in [0.25, 0.3) is 5.57 Å². The van der Waals surface area contributed by atoms with Crippen LogP contribution in [0.2, 0.25) is 0 Å². The topological polar surface area (TPSA) is 55.4 Å². The van der Waals surface area contributed by atoms with E-state index in [1.807, 2.05) is 0 Å². The number of hydrogen-bond acceptors (Lipinski definition) is 3. The monoisotopic (exact) mass is 347 g/mol. The van der Waals surface area contributed by atoms with E-state index in [0.717, 1.165) is 12.0 Å². The Morgan fingerprint density at radius 3 is 2.50 bits per heavy atom. The summed E-state index contributed by atoms with van der Waals surface area (Å²) >= 11 is 0. The van der Waals surface area contributed by atoms with E-state index in [0.29, 0.717) is 24.1 Å². The van der Waals surface area contributed by atoms with E-state index in [9.17, 15) is 12.8 Å². The van der Waals surface area contributed by atoms with Gasteiger partial charge in [0.05, 0.1) is 12.0 Å². The lowest BCUT2D eigenvalue weighted by Gasteiger charge is -2.12. The van der Waals surface area contributed by atoms with Crippen molar-refractivity contribution in [3.8, 4) is 5.75 Å². The highest BCUT2D eigenvalue weighted by molar-refractivity contribution is 7.89. The molecule has 0 saturated carbocycles. The van der Waals surface area contributed by atoms with E-state index < -0.39 is 15.8 Å². The Hall–Kier alpha value is -2.34. The summed E-state index contributed by atoms with van der Waals surface area (Å²) in [7, 11) is -2.22. The molecule has 4 nitrogen and oxygen atoms in total. The maximum Gasteiger partial charge on any atom is 0.261 e. The van der Waals surface area contributed by atoms with Gasteiger partial charge in [-0.3, -0.25) is 4.72 Å². The number of nitrogens with one attached hydrogen (secondary N) is 1. The van der Waals surface area contributed by atoms with Gasteiger partial charge in [-0.25, -0.2) is 12.8 Å². The van der Waals surface area contributed by atoms with Crippen LogP contribution < -0.4 is 9.46 Å². The minimum atomic E-state index is -3.63. The largest absolute Gasteiger partial charge is 0.494 e. The van der Waals surface area contributed by atoms with Gasteiger partial charge in [0.1, 0.15) is 0 Å². The molecule has 0 amide bonds. The molecule has 0 radical (unpaired) electrons. The van der Waals surface area contributed by atoms with Crippen molar-refractivity contribution in [3.05, 3.63) is 65.6 Å². The van der Waals surface area contributed by atoms with Crippen LogP contribution in [0.4, 0.5) is 4.39 Å². The molecule has 0 aliphatic heterocycles. The summed E-state index contributed by atoms with van der Waals surface area (Å²) in [5.41, 5.74) is 2.14. The second kappa shape index (κ2) is 6.65. The summed E-state index contributed by atoms with van der Waals surface area (Å²) in [6.07, 6.45) is 2.16. The van der Waals surface area contributed by atoms with Crippen LogP contribution in [-0.2, 0) is 10.0 Å². The first kappa shape index (κ1) is 16.5. The molecule has 0 aromatic heterocycles. The molecule has 1 N–H and O–H groups in total. The Morgan fingerprint density at radius 1 is 1.08 bits per heavy atom. The summed E-state index contributed by atoms with van der Waals surface area (Å²) in [5.74, 6) is -0.288. The highest BCUT2D eigenvalue weighted by Gasteiger charge is 2.22. The van der Waals surface area contributed by atoms with Gasteiger partial charge in [-0.2, -0.15) is 0 Å². The van der Waals surface area contributed by atoms with Crippen molar-refractivity contribution in [2.24, 2.45) is 0 Å². The van der Waals surface area contributed by atoms with Gasteiger partial charge < -0.3 is 4.74 Å². The second-order valence-corrected chi connectivity index (χ2v) is 7.26. The van der Waals surface area contributed by atoms with Crippen LogP contribution in [0, 0.1) is 5.82 Å². The van der Waals surface area contributed by atoms with Crippen LogP contribution in [0.3, 0.4) is 0 Å². The molecule has 6 heteroatoms. The molecule has 0 saturated heterocycles. The van der Waals surface area contributed by atoms with E-state index in [1.165, 1.54) is 13.2 Å². The highest BCUT2D eigenvalue weighted by atomic mass is 32.2. The minimum absolute atomic E-state index is 0.170. The number of ether oxygens (including phenoxy) is 1. The molecule has 2 aromatic carbocycles. The molecule has 24 heavy (non-hydrogen) atoms. The van der Waals surface area contributed by atoms with Crippen molar-refractivity contribution in [1.82, 2.24) is 4.72 Å². The average Bonchev–Trinajstić information content (AvgIpc) is 3.03. The van der Waals surface area contributed by atoms with E-state index in [1.54, 1.807) is 42.5 Å². The van der Waals surface area contributed by atoms with E-state index in [4.69, 9.17) is 4.74 Å². The lowest BCUT2D eigenvalue weighted by molar-refractivity contribution is 0.386. The van der Waals surface area contributed by atoms with Crippen molar-refractivity contribution < 1.29 is 17.5 Å². The molecule has 0 atom stereocenters. The molecule has 0 fully saturated rings. The first-order chi connectivity index (χ1) is 11.5. The zero-order valence-electron chi connectivity index (χ0n) is 13.3. The number of rotatable bonds is 5. The summed E-state index contributed by atoms with van der Waals surface area (Å²) in [5, 5.41) is 0.